The largest absolute Gasteiger partial charge is 0.457 e. The number of carbonyl (C=O) groups is 2. The highest BCUT2D eigenvalue weighted by atomic mass is 16.6. The summed E-state index contributed by atoms with van der Waals surface area (Å²) in [5.74, 6) is -0.607. The molecule has 109 valence electrons. The summed E-state index contributed by atoms with van der Waals surface area (Å²) in [7, 11) is 0. The Morgan fingerprint density at radius 3 is 2.82 bits per heavy atom. The van der Waals surface area contributed by atoms with Crippen LogP contribution >= 0.6 is 0 Å². The lowest BCUT2D eigenvalue weighted by molar-refractivity contribution is -0.144. The highest BCUT2D eigenvalue weighted by molar-refractivity contribution is 5.92. The van der Waals surface area contributed by atoms with E-state index in [0.29, 0.717) is 24.2 Å². The van der Waals surface area contributed by atoms with E-state index in [4.69, 9.17) is 9.47 Å². The van der Waals surface area contributed by atoms with Gasteiger partial charge in [0.05, 0.1) is 11.5 Å². The predicted octanol–water partition coefficient (Wildman–Crippen LogP) is 2.35. The van der Waals surface area contributed by atoms with Crippen LogP contribution in [0.3, 0.4) is 0 Å². The summed E-state index contributed by atoms with van der Waals surface area (Å²) in [6, 6.07) is 15.8. The Bertz CT molecular complexity index is 765. The fourth-order valence-electron chi connectivity index (χ4n) is 3.06. The van der Waals surface area contributed by atoms with Crippen LogP contribution in [0.15, 0.2) is 42.5 Å². The number of esters is 2. The predicted molar refractivity (Wildman–Crippen MR) is 77.5 cm³/mol. The van der Waals surface area contributed by atoms with E-state index < -0.39 is 18.0 Å². The molecule has 4 nitrogen and oxygen atoms in total. The van der Waals surface area contributed by atoms with E-state index in [-0.39, 0.29) is 5.97 Å². The number of carbonyl (C=O) groups excluding carboxylic acids is 2. The molecule has 0 N–H and O–H groups in total. The first-order valence-corrected chi connectivity index (χ1v) is 7.22. The van der Waals surface area contributed by atoms with Crippen LogP contribution in [-0.4, -0.2) is 18.0 Å². The SMILES string of the molecule is O=C1OC(C2Cc3ccccc3OC2=O)Cc2[c]cccc21. The Labute approximate surface area is 127 Å². The van der Waals surface area contributed by atoms with Gasteiger partial charge in [-0.15, -0.1) is 0 Å². The molecule has 0 aliphatic carbocycles. The molecule has 2 aromatic carbocycles. The number of hydrogen-bond acceptors (Lipinski definition) is 4. The molecule has 22 heavy (non-hydrogen) atoms. The van der Waals surface area contributed by atoms with Gasteiger partial charge < -0.3 is 9.47 Å². The second-order valence-electron chi connectivity index (χ2n) is 5.55. The fourth-order valence-corrected chi connectivity index (χ4v) is 3.06. The van der Waals surface area contributed by atoms with Crippen LogP contribution in [0.1, 0.15) is 21.5 Å². The minimum absolute atomic E-state index is 0.337. The lowest BCUT2D eigenvalue weighted by atomic mass is 9.86. The highest BCUT2D eigenvalue weighted by Crippen LogP contribution is 2.33. The Hall–Kier alpha value is -2.62. The first-order chi connectivity index (χ1) is 10.7. The van der Waals surface area contributed by atoms with Gasteiger partial charge in [-0.1, -0.05) is 30.3 Å². The van der Waals surface area contributed by atoms with Gasteiger partial charge in [0.15, 0.2) is 0 Å². The number of benzene rings is 2. The molecule has 4 rings (SSSR count). The summed E-state index contributed by atoms with van der Waals surface area (Å²) >= 11 is 0. The molecule has 0 spiro atoms. The van der Waals surface area contributed by atoms with Crippen LogP contribution in [-0.2, 0) is 22.4 Å². The van der Waals surface area contributed by atoms with E-state index in [1.54, 1.807) is 24.3 Å². The zero-order valence-corrected chi connectivity index (χ0v) is 11.7. The van der Waals surface area contributed by atoms with Crippen LogP contribution in [0.25, 0.3) is 0 Å². The highest BCUT2D eigenvalue weighted by Gasteiger charge is 2.40. The second-order valence-corrected chi connectivity index (χ2v) is 5.55. The van der Waals surface area contributed by atoms with E-state index in [0.717, 1.165) is 11.1 Å². The quantitative estimate of drug-likeness (QED) is 0.598. The van der Waals surface area contributed by atoms with Crippen molar-refractivity contribution in [3.8, 4) is 5.75 Å². The summed E-state index contributed by atoms with van der Waals surface area (Å²) in [6.45, 7) is 0. The molecular weight excluding hydrogens is 280 g/mol. The molecule has 2 aliphatic rings. The molecule has 0 bridgehead atoms. The van der Waals surface area contributed by atoms with Gasteiger partial charge in [-0.25, -0.2) is 4.79 Å². The third-order valence-corrected chi connectivity index (χ3v) is 4.20. The van der Waals surface area contributed by atoms with Gasteiger partial charge in [0.1, 0.15) is 11.9 Å². The zero-order valence-electron chi connectivity index (χ0n) is 11.7. The summed E-state index contributed by atoms with van der Waals surface area (Å²) in [4.78, 5) is 24.3. The number of hydrogen-bond donors (Lipinski definition) is 0. The van der Waals surface area contributed by atoms with E-state index in [9.17, 15) is 9.59 Å². The Balaban J connectivity index is 1.64. The maximum atomic E-state index is 12.3. The van der Waals surface area contributed by atoms with Crippen molar-refractivity contribution < 1.29 is 19.1 Å². The number of fused-ring (bicyclic) bond motifs is 2. The molecule has 1 radical (unpaired) electrons. The first-order valence-electron chi connectivity index (χ1n) is 7.22. The number of rotatable bonds is 1. The van der Waals surface area contributed by atoms with Crippen molar-refractivity contribution in [3.63, 3.8) is 0 Å². The maximum Gasteiger partial charge on any atom is 0.338 e. The third-order valence-electron chi connectivity index (χ3n) is 4.20. The molecule has 0 saturated carbocycles. The Morgan fingerprint density at radius 2 is 1.91 bits per heavy atom. The average molecular weight is 293 g/mol. The Morgan fingerprint density at radius 1 is 1.05 bits per heavy atom. The van der Waals surface area contributed by atoms with Gasteiger partial charge in [-0.2, -0.15) is 0 Å². The van der Waals surface area contributed by atoms with Gasteiger partial charge in [0.2, 0.25) is 0 Å². The summed E-state index contributed by atoms with van der Waals surface area (Å²) < 4.78 is 10.9. The number of para-hydroxylation sites is 1. The van der Waals surface area contributed by atoms with Gasteiger partial charge in [-0.05, 0) is 35.7 Å². The maximum absolute atomic E-state index is 12.3. The molecule has 2 heterocycles. The fraction of sp³-hybridized carbons (Fsp3) is 0.222. The Kier molecular flexibility index (Phi) is 2.96. The van der Waals surface area contributed by atoms with E-state index in [2.05, 4.69) is 6.07 Å². The summed E-state index contributed by atoms with van der Waals surface area (Å²) in [5.41, 5.74) is 2.30. The van der Waals surface area contributed by atoms with Crippen LogP contribution in [0.5, 0.6) is 5.75 Å². The van der Waals surface area contributed by atoms with E-state index in [1.165, 1.54) is 0 Å². The van der Waals surface area contributed by atoms with Crippen LogP contribution in [0, 0.1) is 12.0 Å². The van der Waals surface area contributed by atoms with Gasteiger partial charge in [-0.3, -0.25) is 4.79 Å². The van der Waals surface area contributed by atoms with Crippen molar-refractivity contribution in [3.05, 3.63) is 65.2 Å². The molecule has 2 atom stereocenters. The molecule has 2 aliphatic heterocycles. The van der Waals surface area contributed by atoms with Crippen molar-refractivity contribution in [1.29, 1.82) is 0 Å². The molecule has 0 saturated heterocycles. The van der Waals surface area contributed by atoms with Crippen molar-refractivity contribution in [2.24, 2.45) is 5.92 Å². The standard InChI is InChI=1S/C18H13O4/c19-17-13-7-3-1-5-11(13)10-16(22-17)14-9-12-6-2-4-8-15(12)21-18(14)20/h1-4,6-8,14,16H,9-10H2. The minimum atomic E-state index is -0.500. The van der Waals surface area contributed by atoms with Crippen molar-refractivity contribution in [1.82, 2.24) is 0 Å². The van der Waals surface area contributed by atoms with Gasteiger partial charge in [0.25, 0.3) is 0 Å². The third kappa shape index (κ3) is 2.08. The number of ether oxygens (including phenoxy) is 2. The van der Waals surface area contributed by atoms with Crippen molar-refractivity contribution in [2.45, 2.75) is 18.9 Å². The molecule has 2 aromatic rings. The first kappa shape index (κ1) is 13.1. The van der Waals surface area contributed by atoms with Gasteiger partial charge >= 0.3 is 11.9 Å². The van der Waals surface area contributed by atoms with Crippen LogP contribution in [0.2, 0.25) is 0 Å². The van der Waals surface area contributed by atoms with E-state index in [1.807, 2.05) is 18.2 Å². The zero-order chi connectivity index (χ0) is 15.1. The lowest BCUT2D eigenvalue weighted by Gasteiger charge is -2.32. The molecule has 0 aromatic heterocycles. The smallest absolute Gasteiger partial charge is 0.338 e. The molecule has 0 amide bonds. The van der Waals surface area contributed by atoms with Crippen LogP contribution < -0.4 is 4.74 Å². The molecule has 4 heteroatoms. The molecular formula is C18H13O4. The molecule has 2 unspecified atom stereocenters. The van der Waals surface area contributed by atoms with Gasteiger partial charge in [0, 0.05) is 6.42 Å². The summed E-state index contributed by atoms with van der Waals surface area (Å²) in [6.07, 6.45) is 0.512. The minimum Gasteiger partial charge on any atom is -0.457 e. The average Bonchev–Trinajstić information content (AvgIpc) is 2.54. The summed E-state index contributed by atoms with van der Waals surface area (Å²) in [5, 5.41) is 0. The normalized spacial score (nSPS) is 23.1. The second kappa shape index (κ2) is 4.98. The number of cyclic esters (lactones) is 1. The van der Waals surface area contributed by atoms with Crippen LogP contribution in [0.4, 0.5) is 0 Å². The van der Waals surface area contributed by atoms with Crippen molar-refractivity contribution >= 4 is 11.9 Å². The molecule has 0 fully saturated rings. The van der Waals surface area contributed by atoms with Crippen molar-refractivity contribution in [2.75, 3.05) is 0 Å². The van der Waals surface area contributed by atoms with E-state index >= 15 is 0 Å². The topological polar surface area (TPSA) is 52.6 Å². The lowest BCUT2D eigenvalue weighted by Crippen LogP contribution is -2.42. The monoisotopic (exact) mass is 293 g/mol.